The van der Waals surface area contributed by atoms with Gasteiger partial charge in [0.1, 0.15) is 5.69 Å². The van der Waals surface area contributed by atoms with Crippen LogP contribution < -0.4 is 10.1 Å². The maximum Gasteiger partial charge on any atom is 0.333 e. The van der Waals surface area contributed by atoms with Crippen molar-refractivity contribution in [1.82, 2.24) is 0 Å². The summed E-state index contributed by atoms with van der Waals surface area (Å²) in [7, 11) is 1.63. The van der Waals surface area contributed by atoms with Gasteiger partial charge in [-0.1, -0.05) is 13.0 Å². The van der Waals surface area contributed by atoms with Gasteiger partial charge in [0.25, 0.3) is 0 Å². The smallest absolute Gasteiger partial charge is 0.333 e. The molecular formula is C13H20N2O4. The Morgan fingerprint density at radius 2 is 2.21 bits per heavy atom. The maximum atomic E-state index is 11.1. The molecule has 19 heavy (non-hydrogen) atoms. The lowest BCUT2D eigenvalue weighted by molar-refractivity contribution is -0.384. The highest BCUT2D eigenvalue weighted by atomic mass is 16.6. The van der Waals surface area contributed by atoms with Crippen LogP contribution >= 0.6 is 0 Å². The van der Waals surface area contributed by atoms with E-state index in [1.54, 1.807) is 32.2 Å². The molecule has 1 rings (SSSR count). The summed E-state index contributed by atoms with van der Waals surface area (Å²) < 4.78 is 10.3. The van der Waals surface area contributed by atoms with Crippen LogP contribution in [0.25, 0.3) is 0 Å². The van der Waals surface area contributed by atoms with Gasteiger partial charge in [0, 0.05) is 13.7 Å². The van der Waals surface area contributed by atoms with Gasteiger partial charge in [-0.3, -0.25) is 10.1 Å². The van der Waals surface area contributed by atoms with Crippen molar-refractivity contribution in [2.75, 3.05) is 32.2 Å². The maximum absolute atomic E-state index is 11.1. The third kappa shape index (κ3) is 4.40. The number of rotatable bonds is 8. The number of nitrogens with zero attached hydrogens (tertiary/aromatic N) is 1. The van der Waals surface area contributed by atoms with Crippen molar-refractivity contribution in [2.45, 2.75) is 13.8 Å². The molecule has 0 saturated heterocycles. The minimum absolute atomic E-state index is 0.0195. The number of anilines is 1. The number of nitrogens with one attached hydrogen (secondary N) is 1. The zero-order chi connectivity index (χ0) is 14.3. The Balaban J connectivity index is 2.87. The zero-order valence-corrected chi connectivity index (χ0v) is 11.5. The summed E-state index contributed by atoms with van der Waals surface area (Å²) in [4.78, 5) is 10.7. The van der Waals surface area contributed by atoms with Crippen molar-refractivity contribution in [3.8, 4) is 5.75 Å². The number of nitro groups is 1. The predicted molar refractivity (Wildman–Crippen MR) is 73.8 cm³/mol. The Kier molecular flexibility index (Phi) is 6.08. The monoisotopic (exact) mass is 268 g/mol. The molecule has 0 bridgehead atoms. The summed E-state index contributed by atoms with van der Waals surface area (Å²) in [5.74, 6) is 0.553. The molecule has 0 radical (unpaired) electrons. The molecule has 0 fully saturated rings. The Hall–Kier alpha value is -1.82. The Labute approximate surface area is 112 Å². The first-order chi connectivity index (χ1) is 9.10. The lowest BCUT2D eigenvalue weighted by atomic mass is 10.2. The largest absolute Gasteiger partial charge is 0.487 e. The van der Waals surface area contributed by atoms with Crippen LogP contribution in [0.15, 0.2) is 18.2 Å². The number of hydrogen-bond donors (Lipinski definition) is 1. The zero-order valence-electron chi connectivity index (χ0n) is 11.5. The molecule has 0 spiro atoms. The van der Waals surface area contributed by atoms with E-state index in [1.165, 1.54) is 0 Å². The minimum Gasteiger partial charge on any atom is -0.487 e. The van der Waals surface area contributed by atoms with Crippen LogP contribution in [-0.4, -0.2) is 31.8 Å². The summed E-state index contributed by atoms with van der Waals surface area (Å²) in [6.45, 7) is 5.40. The average molecular weight is 268 g/mol. The highest BCUT2D eigenvalue weighted by Gasteiger charge is 2.20. The molecule has 6 heteroatoms. The topological polar surface area (TPSA) is 73.6 Å². The summed E-state index contributed by atoms with van der Waals surface area (Å²) in [5, 5.41) is 14.2. The van der Waals surface area contributed by atoms with E-state index in [2.05, 4.69) is 5.32 Å². The van der Waals surface area contributed by atoms with E-state index in [0.717, 1.165) is 0 Å². The molecule has 1 unspecified atom stereocenters. The highest BCUT2D eigenvalue weighted by Crippen LogP contribution is 2.34. The quantitative estimate of drug-likeness (QED) is 0.579. The normalized spacial score (nSPS) is 11.9. The van der Waals surface area contributed by atoms with E-state index in [-0.39, 0.29) is 17.4 Å². The fourth-order valence-electron chi connectivity index (χ4n) is 1.75. The Morgan fingerprint density at radius 3 is 2.79 bits per heavy atom. The third-order valence-electron chi connectivity index (χ3n) is 2.57. The second-order valence-electron chi connectivity index (χ2n) is 4.28. The van der Waals surface area contributed by atoms with E-state index in [4.69, 9.17) is 9.47 Å². The van der Waals surface area contributed by atoms with E-state index >= 15 is 0 Å². The van der Waals surface area contributed by atoms with Crippen molar-refractivity contribution in [3.63, 3.8) is 0 Å². The molecular weight excluding hydrogens is 248 g/mol. The molecule has 1 aromatic carbocycles. The van der Waals surface area contributed by atoms with Crippen molar-refractivity contribution in [1.29, 1.82) is 0 Å². The second kappa shape index (κ2) is 7.58. The van der Waals surface area contributed by atoms with Crippen molar-refractivity contribution < 1.29 is 14.4 Å². The first-order valence-electron chi connectivity index (χ1n) is 6.23. The molecule has 0 aliphatic carbocycles. The number of benzene rings is 1. The van der Waals surface area contributed by atoms with E-state index < -0.39 is 4.92 Å². The number of ether oxygens (including phenoxy) is 2. The molecule has 1 N–H and O–H groups in total. The van der Waals surface area contributed by atoms with Gasteiger partial charge in [-0.2, -0.15) is 0 Å². The number of nitro benzene ring substituents is 1. The fourth-order valence-corrected chi connectivity index (χ4v) is 1.75. The molecule has 0 heterocycles. The second-order valence-corrected chi connectivity index (χ2v) is 4.28. The van der Waals surface area contributed by atoms with Gasteiger partial charge in [0.15, 0.2) is 5.75 Å². The molecule has 106 valence electrons. The predicted octanol–water partition coefficient (Wildman–Crippen LogP) is 2.69. The molecule has 6 nitrogen and oxygen atoms in total. The molecule has 0 aliphatic heterocycles. The van der Waals surface area contributed by atoms with Crippen LogP contribution in [0.3, 0.4) is 0 Å². The summed E-state index contributed by atoms with van der Waals surface area (Å²) in [6, 6.07) is 5.02. The third-order valence-corrected chi connectivity index (χ3v) is 2.57. The van der Waals surface area contributed by atoms with Crippen LogP contribution in [0.5, 0.6) is 5.75 Å². The standard InChI is InChI=1S/C13H20N2O4/c1-4-19-12-7-5-6-11(13(12)15(16)17)14-8-10(2)9-18-3/h5-7,10,14H,4,8-9H2,1-3H3. The van der Waals surface area contributed by atoms with Gasteiger partial charge >= 0.3 is 5.69 Å². The minimum atomic E-state index is -0.422. The van der Waals surface area contributed by atoms with Gasteiger partial charge in [-0.05, 0) is 25.0 Å². The molecule has 0 aliphatic rings. The van der Waals surface area contributed by atoms with Crippen molar-refractivity contribution in [2.24, 2.45) is 5.92 Å². The number of hydrogen-bond acceptors (Lipinski definition) is 5. The Bertz CT molecular complexity index is 423. The number of para-hydroxylation sites is 1. The van der Waals surface area contributed by atoms with Gasteiger partial charge in [-0.25, -0.2) is 0 Å². The lowest BCUT2D eigenvalue weighted by Crippen LogP contribution is -2.16. The number of methoxy groups -OCH3 is 1. The van der Waals surface area contributed by atoms with Crippen molar-refractivity contribution in [3.05, 3.63) is 28.3 Å². The van der Waals surface area contributed by atoms with Crippen LogP contribution in [0.2, 0.25) is 0 Å². The van der Waals surface area contributed by atoms with E-state index in [0.29, 0.717) is 25.4 Å². The molecule has 0 saturated carbocycles. The highest BCUT2D eigenvalue weighted by molar-refractivity contribution is 5.68. The summed E-state index contributed by atoms with van der Waals surface area (Å²) in [6.07, 6.45) is 0. The van der Waals surface area contributed by atoms with E-state index in [1.807, 2.05) is 6.92 Å². The van der Waals surface area contributed by atoms with Gasteiger partial charge in [0.2, 0.25) is 0 Å². The average Bonchev–Trinajstić information content (AvgIpc) is 2.37. The lowest BCUT2D eigenvalue weighted by Gasteiger charge is -2.14. The SMILES string of the molecule is CCOc1cccc(NCC(C)COC)c1[N+](=O)[O-]. The molecule has 1 atom stereocenters. The summed E-state index contributed by atoms with van der Waals surface area (Å²) >= 11 is 0. The van der Waals surface area contributed by atoms with Crippen LogP contribution in [0.1, 0.15) is 13.8 Å². The first kappa shape index (κ1) is 15.2. The van der Waals surface area contributed by atoms with Crippen LogP contribution in [0, 0.1) is 16.0 Å². The van der Waals surface area contributed by atoms with Gasteiger partial charge < -0.3 is 14.8 Å². The first-order valence-corrected chi connectivity index (χ1v) is 6.23. The molecule has 0 amide bonds. The van der Waals surface area contributed by atoms with Crippen LogP contribution in [0.4, 0.5) is 11.4 Å². The van der Waals surface area contributed by atoms with Gasteiger partial charge in [0.05, 0.1) is 18.1 Å². The van der Waals surface area contributed by atoms with Crippen LogP contribution in [-0.2, 0) is 4.74 Å². The molecule has 0 aromatic heterocycles. The fraction of sp³-hybridized carbons (Fsp3) is 0.538. The van der Waals surface area contributed by atoms with Crippen molar-refractivity contribution >= 4 is 11.4 Å². The molecule has 1 aromatic rings. The van der Waals surface area contributed by atoms with Gasteiger partial charge in [-0.15, -0.1) is 0 Å². The van der Waals surface area contributed by atoms with E-state index in [9.17, 15) is 10.1 Å². The Morgan fingerprint density at radius 1 is 1.47 bits per heavy atom. The summed E-state index contributed by atoms with van der Waals surface area (Å²) in [5.41, 5.74) is 0.452.